The van der Waals surface area contributed by atoms with E-state index in [4.69, 9.17) is 4.74 Å². The number of halogens is 1. The van der Waals surface area contributed by atoms with Crippen LogP contribution in [0.4, 0.5) is 5.69 Å². The summed E-state index contributed by atoms with van der Waals surface area (Å²) in [6.07, 6.45) is 1.56. The van der Waals surface area contributed by atoms with Gasteiger partial charge in [0, 0.05) is 31.2 Å². The molecule has 2 aliphatic heterocycles. The molecule has 0 aliphatic carbocycles. The molecule has 0 bridgehead atoms. The van der Waals surface area contributed by atoms with Crippen LogP contribution in [0.25, 0.3) is 0 Å². The molecule has 1 N–H and O–H groups in total. The van der Waals surface area contributed by atoms with Gasteiger partial charge in [-0.25, -0.2) is 0 Å². The summed E-state index contributed by atoms with van der Waals surface area (Å²) in [6.45, 7) is 5.28. The zero-order chi connectivity index (χ0) is 13.9. The SMILES string of the molecule is CC1CCN(C(=O)CC2COCCN2)c2ccccc21.Cl. The highest BCUT2D eigenvalue weighted by molar-refractivity contribution is 5.95. The zero-order valence-corrected chi connectivity index (χ0v) is 13.2. The predicted octanol–water partition coefficient (Wildman–Crippen LogP) is 2.33. The van der Waals surface area contributed by atoms with Crippen molar-refractivity contribution in [3.63, 3.8) is 0 Å². The Hall–Kier alpha value is -1.10. The Kier molecular flexibility index (Phi) is 5.62. The van der Waals surface area contributed by atoms with Crippen molar-refractivity contribution in [1.29, 1.82) is 0 Å². The third-order valence-corrected chi connectivity index (χ3v) is 4.26. The van der Waals surface area contributed by atoms with Crippen LogP contribution in [-0.4, -0.2) is 38.3 Å². The maximum Gasteiger partial charge on any atom is 0.228 e. The van der Waals surface area contributed by atoms with E-state index in [-0.39, 0.29) is 24.4 Å². The molecule has 0 radical (unpaired) electrons. The third kappa shape index (κ3) is 3.57. The van der Waals surface area contributed by atoms with Gasteiger partial charge in [-0.15, -0.1) is 12.4 Å². The van der Waals surface area contributed by atoms with E-state index in [1.165, 1.54) is 5.56 Å². The number of nitrogens with zero attached hydrogens (tertiary/aromatic N) is 1. The standard InChI is InChI=1S/C16H22N2O2.ClH/c1-12-6-8-18(15-5-3-2-4-14(12)15)16(19)10-13-11-20-9-7-17-13;/h2-5,12-13,17H,6-11H2,1H3;1H. The number of hydrogen-bond donors (Lipinski definition) is 1. The Bertz CT molecular complexity index is 489. The number of carbonyl (C=O) groups excluding carboxylic acids is 1. The fourth-order valence-corrected chi connectivity index (χ4v) is 3.08. The van der Waals surface area contributed by atoms with Gasteiger partial charge < -0.3 is 15.0 Å². The van der Waals surface area contributed by atoms with Gasteiger partial charge in [0.2, 0.25) is 5.91 Å². The molecule has 1 saturated heterocycles. The van der Waals surface area contributed by atoms with Gasteiger partial charge in [0.05, 0.1) is 13.2 Å². The number of hydrogen-bond acceptors (Lipinski definition) is 3. The molecule has 1 amide bonds. The molecule has 2 heterocycles. The van der Waals surface area contributed by atoms with Gasteiger partial charge in [-0.05, 0) is 24.0 Å². The molecule has 1 fully saturated rings. The van der Waals surface area contributed by atoms with E-state index in [0.717, 1.165) is 31.8 Å². The molecule has 5 heteroatoms. The van der Waals surface area contributed by atoms with Crippen molar-refractivity contribution in [2.24, 2.45) is 0 Å². The Labute approximate surface area is 132 Å². The lowest BCUT2D eigenvalue weighted by Gasteiger charge is -2.34. The topological polar surface area (TPSA) is 41.6 Å². The predicted molar refractivity (Wildman–Crippen MR) is 86.3 cm³/mol. The van der Waals surface area contributed by atoms with E-state index >= 15 is 0 Å². The van der Waals surface area contributed by atoms with Gasteiger partial charge in [0.15, 0.2) is 0 Å². The molecular weight excluding hydrogens is 288 g/mol. The summed E-state index contributed by atoms with van der Waals surface area (Å²) in [5.74, 6) is 0.735. The fourth-order valence-electron chi connectivity index (χ4n) is 3.08. The molecule has 2 unspecified atom stereocenters. The average molecular weight is 311 g/mol. The van der Waals surface area contributed by atoms with Crippen LogP contribution in [0, 0.1) is 0 Å². The Morgan fingerprint density at radius 3 is 3.00 bits per heavy atom. The highest BCUT2D eigenvalue weighted by Gasteiger charge is 2.28. The first-order valence-corrected chi connectivity index (χ1v) is 7.46. The lowest BCUT2D eigenvalue weighted by molar-refractivity contribution is -0.119. The molecule has 0 spiro atoms. The molecule has 116 valence electrons. The minimum absolute atomic E-state index is 0. The number of amides is 1. The maximum atomic E-state index is 12.6. The van der Waals surface area contributed by atoms with Gasteiger partial charge in [-0.2, -0.15) is 0 Å². The first-order valence-electron chi connectivity index (χ1n) is 7.46. The number of nitrogens with one attached hydrogen (secondary N) is 1. The minimum Gasteiger partial charge on any atom is -0.378 e. The molecule has 1 aromatic rings. The third-order valence-electron chi connectivity index (χ3n) is 4.26. The van der Waals surface area contributed by atoms with Crippen LogP contribution in [-0.2, 0) is 9.53 Å². The summed E-state index contributed by atoms with van der Waals surface area (Å²) in [5, 5.41) is 3.35. The Morgan fingerprint density at radius 1 is 1.43 bits per heavy atom. The van der Waals surface area contributed by atoms with Crippen LogP contribution in [0.2, 0.25) is 0 Å². The van der Waals surface area contributed by atoms with Gasteiger partial charge >= 0.3 is 0 Å². The Balaban J connectivity index is 0.00000161. The number of anilines is 1. The van der Waals surface area contributed by atoms with Gasteiger partial charge in [0.25, 0.3) is 0 Å². The van der Waals surface area contributed by atoms with Crippen molar-refractivity contribution in [3.8, 4) is 0 Å². The molecule has 3 rings (SSSR count). The lowest BCUT2D eigenvalue weighted by Crippen LogP contribution is -2.46. The largest absolute Gasteiger partial charge is 0.378 e. The van der Waals surface area contributed by atoms with Crippen molar-refractivity contribution in [1.82, 2.24) is 5.32 Å². The zero-order valence-electron chi connectivity index (χ0n) is 12.4. The highest BCUT2D eigenvalue weighted by atomic mass is 35.5. The first kappa shape index (κ1) is 16.3. The summed E-state index contributed by atoms with van der Waals surface area (Å²) < 4.78 is 5.42. The van der Waals surface area contributed by atoms with Crippen LogP contribution >= 0.6 is 12.4 Å². The number of para-hydroxylation sites is 1. The molecule has 2 atom stereocenters. The summed E-state index contributed by atoms with van der Waals surface area (Å²) >= 11 is 0. The van der Waals surface area contributed by atoms with Crippen molar-refractivity contribution in [3.05, 3.63) is 29.8 Å². The number of rotatable bonds is 2. The molecule has 0 saturated carbocycles. The first-order chi connectivity index (χ1) is 9.75. The molecule has 21 heavy (non-hydrogen) atoms. The van der Waals surface area contributed by atoms with E-state index in [2.05, 4.69) is 30.4 Å². The van der Waals surface area contributed by atoms with E-state index < -0.39 is 0 Å². The highest BCUT2D eigenvalue weighted by Crippen LogP contribution is 2.35. The fraction of sp³-hybridized carbons (Fsp3) is 0.562. The molecule has 4 nitrogen and oxygen atoms in total. The molecular formula is C16H23ClN2O2. The van der Waals surface area contributed by atoms with Gasteiger partial charge in [-0.3, -0.25) is 4.79 Å². The van der Waals surface area contributed by atoms with Crippen LogP contribution in [0.3, 0.4) is 0 Å². The smallest absolute Gasteiger partial charge is 0.228 e. The number of ether oxygens (including phenoxy) is 1. The molecule has 1 aromatic carbocycles. The monoisotopic (exact) mass is 310 g/mol. The van der Waals surface area contributed by atoms with E-state index in [9.17, 15) is 4.79 Å². The second-order valence-corrected chi connectivity index (χ2v) is 5.72. The van der Waals surface area contributed by atoms with Crippen LogP contribution < -0.4 is 10.2 Å². The van der Waals surface area contributed by atoms with E-state index in [0.29, 0.717) is 18.9 Å². The summed E-state index contributed by atoms with van der Waals surface area (Å²) in [7, 11) is 0. The van der Waals surface area contributed by atoms with Crippen molar-refractivity contribution < 1.29 is 9.53 Å². The summed E-state index contributed by atoms with van der Waals surface area (Å²) in [5.41, 5.74) is 2.38. The summed E-state index contributed by atoms with van der Waals surface area (Å²) in [6, 6.07) is 8.43. The van der Waals surface area contributed by atoms with Crippen LogP contribution in [0.1, 0.15) is 31.2 Å². The minimum atomic E-state index is 0. The van der Waals surface area contributed by atoms with Gasteiger partial charge in [0.1, 0.15) is 0 Å². The van der Waals surface area contributed by atoms with Crippen molar-refractivity contribution in [2.75, 3.05) is 31.2 Å². The van der Waals surface area contributed by atoms with E-state index in [1.54, 1.807) is 0 Å². The second kappa shape index (κ2) is 7.25. The molecule has 2 aliphatic rings. The second-order valence-electron chi connectivity index (χ2n) is 5.72. The summed E-state index contributed by atoms with van der Waals surface area (Å²) in [4.78, 5) is 14.5. The van der Waals surface area contributed by atoms with Crippen molar-refractivity contribution >= 4 is 24.0 Å². The van der Waals surface area contributed by atoms with Crippen LogP contribution in [0.15, 0.2) is 24.3 Å². The van der Waals surface area contributed by atoms with Crippen molar-refractivity contribution in [2.45, 2.75) is 31.7 Å². The number of carbonyl (C=O) groups is 1. The normalized spacial score (nSPS) is 24.9. The number of fused-ring (bicyclic) bond motifs is 1. The van der Waals surface area contributed by atoms with Gasteiger partial charge in [-0.1, -0.05) is 25.1 Å². The quantitative estimate of drug-likeness (QED) is 0.911. The Morgan fingerprint density at radius 2 is 2.24 bits per heavy atom. The molecule has 0 aromatic heterocycles. The lowest BCUT2D eigenvalue weighted by atomic mass is 9.91. The number of morpholine rings is 1. The average Bonchev–Trinajstić information content (AvgIpc) is 2.49. The van der Waals surface area contributed by atoms with E-state index in [1.807, 2.05) is 11.0 Å². The van der Waals surface area contributed by atoms with Crippen LogP contribution in [0.5, 0.6) is 0 Å². The number of benzene rings is 1. The maximum absolute atomic E-state index is 12.6.